The molecule has 0 saturated heterocycles. The predicted molar refractivity (Wildman–Crippen MR) is 121 cm³/mol. The first kappa shape index (κ1) is 20.8. The second kappa shape index (κ2) is 8.73. The van der Waals surface area contributed by atoms with Crippen LogP contribution in [0.5, 0.6) is 0 Å². The van der Waals surface area contributed by atoms with Gasteiger partial charge in [-0.1, -0.05) is 0 Å². The quantitative estimate of drug-likeness (QED) is 0.398. The van der Waals surface area contributed by atoms with Crippen molar-refractivity contribution in [2.24, 2.45) is 0 Å². The monoisotopic (exact) mass is 428 g/mol. The first-order valence-electron chi connectivity index (χ1n) is 9.79. The van der Waals surface area contributed by atoms with Crippen LogP contribution in [0.2, 0.25) is 0 Å². The van der Waals surface area contributed by atoms with E-state index in [4.69, 9.17) is 15.3 Å². The second-order valence-electron chi connectivity index (χ2n) is 7.23. The van der Waals surface area contributed by atoms with Gasteiger partial charge in [0.25, 0.3) is 0 Å². The van der Waals surface area contributed by atoms with Gasteiger partial charge in [0, 0.05) is 29.4 Å². The van der Waals surface area contributed by atoms with E-state index in [1.165, 1.54) is 18.3 Å². The van der Waals surface area contributed by atoms with Crippen LogP contribution in [0.25, 0.3) is 28.3 Å². The molecule has 32 heavy (non-hydrogen) atoms. The number of carboxylic acid groups (broad SMARTS) is 1. The van der Waals surface area contributed by atoms with Gasteiger partial charge in [0.05, 0.1) is 17.8 Å². The number of aromatic carboxylic acids is 1. The summed E-state index contributed by atoms with van der Waals surface area (Å²) in [5, 5.41) is 12.7. The number of carbonyl (C=O) groups is 2. The maximum atomic E-state index is 12.1. The van der Waals surface area contributed by atoms with Crippen LogP contribution < -0.4 is 11.1 Å². The maximum absolute atomic E-state index is 12.1. The van der Waals surface area contributed by atoms with Crippen LogP contribution in [0.15, 0.2) is 65.4 Å². The van der Waals surface area contributed by atoms with Gasteiger partial charge in [-0.2, -0.15) is 0 Å². The number of nitrogens with zero attached hydrogens (tertiary/aromatic N) is 2. The zero-order valence-electron chi connectivity index (χ0n) is 17.2. The van der Waals surface area contributed by atoms with E-state index in [-0.39, 0.29) is 18.0 Å². The van der Waals surface area contributed by atoms with Crippen LogP contribution in [-0.2, 0) is 11.3 Å². The molecule has 0 fully saturated rings. The lowest BCUT2D eigenvalue weighted by Gasteiger charge is -2.04. The van der Waals surface area contributed by atoms with Gasteiger partial charge in [-0.3, -0.25) is 9.78 Å². The van der Waals surface area contributed by atoms with E-state index in [0.29, 0.717) is 17.3 Å². The number of hydrogen-bond donors (Lipinski definition) is 3. The number of benzene rings is 1. The number of pyridine rings is 2. The molecule has 1 amide bonds. The number of hydrogen-bond acceptors (Lipinski definition) is 6. The molecule has 4 rings (SSSR count). The van der Waals surface area contributed by atoms with Crippen LogP contribution in [-0.4, -0.2) is 27.0 Å². The van der Waals surface area contributed by atoms with Crippen molar-refractivity contribution in [1.29, 1.82) is 0 Å². The SMILES string of the molecule is Cc1cc(-c2ccc(C(=O)O)cn2)cc2cc(CNC(=O)/C=C/c3ccc(N)nc3)oc12. The molecule has 0 aliphatic heterocycles. The number of fused-ring (bicyclic) bond motifs is 1. The molecule has 3 heterocycles. The van der Waals surface area contributed by atoms with Gasteiger partial charge in [0.2, 0.25) is 5.91 Å². The second-order valence-corrected chi connectivity index (χ2v) is 7.23. The third-order valence-electron chi connectivity index (χ3n) is 4.83. The van der Waals surface area contributed by atoms with Crippen molar-refractivity contribution < 1.29 is 19.1 Å². The van der Waals surface area contributed by atoms with E-state index in [1.54, 1.807) is 30.5 Å². The van der Waals surface area contributed by atoms with Gasteiger partial charge in [-0.15, -0.1) is 0 Å². The summed E-state index contributed by atoms with van der Waals surface area (Å²) in [4.78, 5) is 31.4. The van der Waals surface area contributed by atoms with Crippen molar-refractivity contribution in [3.05, 3.63) is 83.4 Å². The number of furan rings is 1. The lowest BCUT2D eigenvalue weighted by molar-refractivity contribution is -0.116. The molecule has 0 unspecified atom stereocenters. The highest BCUT2D eigenvalue weighted by molar-refractivity contribution is 5.92. The zero-order valence-corrected chi connectivity index (χ0v) is 17.2. The Morgan fingerprint density at radius 1 is 1.12 bits per heavy atom. The van der Waals surface area contributed by atoms with Crippen LogP contribution in [0.4, 0.5) is 5.82 Å². The highest BCUT2D eigenvalue weighted by Gasteiger charge is 2.11. The van der Waals surface area contributed by atoms with E-state index >= 15 is 0 Å². The van der Waals surface area contributed by atoms with E-state index in [1.807, 2.05) is 25.1 Å². The van der Waals surface area contributed by atoms with Crippen molar-refractivity contribution in [1.82, 2.24) is 15.3 Å². The lowest BCUT2D eigenvalue weighted by Crippen LogP contribution is -2.19. The van der Waals surface area contributed by atoms with Gasteiger partial charge in [0.15, 0.2) is 0 Å². The third-order valence-corrected chi connectivity index (χ3v) is 4.83. The van der Waals surface area contributed by atoms with Gasteiger partial charge in [-0.05, 0) is 66.6 Å². The first-order chi connectivity index (χ1) is 15.4. The van der Waals surface area contributed by atoms with Crippen LogP contribution in [0.1, 0.15) is 27.2 Å². The molecule has 0 spiro atoms. The summed E-state index contributed by atoms with van der Waals surface area (Å²) < 4.78 is 5.91. The number of aryl methyl sites for hydroxylation is 1. The van der Waals surface area contributed by atoms with Gasteiger partial charge < -0.3 is 20.6 Å². The Hall–Kier alpha value is -4.46. The average molecular weight is 428 g/mol. The minimum absolute atomic E-state index is 0.134. The number of nitrogen functional groups attached to an aromatic ring is 1. The Labute approximate surface area is 183 Å². The molecule has 160 valence electrons. The molecule has 3 aromatic heterocycles. The summed E-state index contributed by atoms with van der Waals surface area (Å²) in [5.74, 6) is -0.243. The van der Waals surface area contributed by atoms with Crippen LogP contribution in [0, 0.1) is 6.92 Å². The van der Waals surface area contributed by atoms with Crippen molar-refractivity contribution in [3.8, 4) is 11.3 Å². The molecule has 1 aromatic carbocycles. The summed E-state index contributed by atoms with van der Waals surface area (Å²) in [7, 11) is 0. The molecular weight excluding hydrogens is 408 g/mol. The summed E-state index contributed by atoms with van der Waals surface area (Å²) in [6, 6.07) is 12.4. The number of nitrogens with two attached hydrogens (primary N) is 1. The Balaban J connectivity index is 1.47. The first-order valence-corrected chi connectivity index (χ1v) is 9.79. The van der Waals surface area contributed by atoms with Gasteiger partial charge in [-0.25, -0.2) is 9.78 Å². The summed E-state index contributed by atoms with van der Waals surface area (Å²) in [6.45, 7) is 2.16. The molecule has 8 nitrogen and oxygen atoms in total. The minimum Gasteiger partial charge on any atom is -0.478 e. The molecule has 0 atom stereocenters. The van der Waals surface area contributed by atoms with Gasteiger partial charge in [0.1, 0.15) is 17.2 Å². The smallest absolute Gasteiger partial charge is 0.337 e. The fourth-order valence-corrected chi connectivity index (χ4v) is 3.23. The molecule has 0 saturated carbocycles. The molecule has 0 aliphatic carbocycles. The van der Waals surface area contributed by atoms with Gasteiger partial charge >= 0.3 is 5.97 Å². The lowest BCUT2D eigenvalue weighted by atomic mass is 10.0. The topological polar surface area (TPSA) is 131 Å². The van der Waals surface area contributed by atoms with Crippen LogP contribution >= 0.6 is 0 Å². The van der Waals surface area contributed by atoms with Crippen molar-refractivity contribution in [2.75, 3.05) is 5.73 Å². The fourth-order valence-electron chi connectivity index (χ4n) is 3.23. The number of anilines is 1. The number of carbonyl (C=O) groups excluding carboxylic acids is 1. The average Bonchev–Trinajstić information content (AvgIpc) is 3.21. The summed E-state index contributed by atoms with van der Waals surface area (Å²) in [6.07, 6.45) is 6.00. The van der Waals surface area contributed by atoms with Crippen molar-refractivity contribution in [3.63, 3.8) is 0 Å². The highest BCUT2D eigenvalue weighted by atomic mass is 16.4. The molecule has 0 bridgehead atoms. The number of carboxylic acids is 1. The minimum atomic E-state index is -1.02. The summed E-state index contributed by atoms with van der Waals surface area (Å²) in [5.41, 5.74) is 9.60. The Morgan fingerprint density at radius 2 is 1.97 bits per heavy atom. The van der Waals surface area contributed by atoms with E-state index in [0.717, 1.165) is 27.7 Å². The number of rotatable bonds is 6. The largest absolute Gasteiger partial charge is 0.478 e. The molecule has 4 N–H and O–H groups in total. The normalized spacial score (nSPS) is 11.2. The van der Waals surface area contributed by atoms with Crippen molar-refractivity contribution >= 4 is 34.7 Å². The standard InChI is InChI=1S/C24H20N4O4/c1-14-8-17(20-5-4-16(12-26-20)24(30)31)9-18-10-19(32-23(14)18)13-28-22(29)7-3-15-2-6-21(25)27-11-15/h2-12H,13H2,1H3,(H2,25,27)(H,28,29)(H,30,31)/b7-3+. The third kappa shape index (κ3) is 4.65. The maximum Gasteiger partial charge on any atom is 0.337 e. The zero-order chi connectivity index (χ0) is 22.7. The molecular formula is C24H20N4O4. The Kier molecular flexibility index (Phi) is 5.67. The summed E-state index contributed by atoms with van der Waals surface area (Å²) >= 11 is 0. The van der Waals surface area contributed by atoms with E-state index in [2.05, 4.69) is 15.3 Å². The molecule has 0 aliphatic rings. The predicted octanol–water partition coefficient (Wildman–Crippen LogP) is 3.81. The Morgan fingerprint density at radius 3 is 2.66 bits per heavy atom. The van der Waals surface area contributed by atoms with E-state index in [9.17, 15) is 9.59 Å². The van der Waals surface area contributed by atoms with Crippen LogP contribution in [0.3, 0.4) is 0 Å². The van der Waals surface area contributed by atoms with Crippen molar-refractivity contribution in [2.45, 2.75) is 13.5 Å². The number of aromatic nitrogens is 2. The highest BCUT2D eigenvalue weighted by Crippen LogP contribution is 2.29. The number of nitrogens with one attached hydrogen (secondary N) is 1. The number of amides is 1. The molecule has 4 aromatic rings. The Bertz CT molecular complexity index is 1320. The van der Waals surface area contributed by atoms with E-state index < -0.39 is 5.97 Å². The molecule has 0 radical (unpaired) electrons. The molecule has 8 heteroatoms. The fraction of sp³-hybridized carbons (Fsp3) is 0.0833.